The average molecular weight is 285 g/mol. The zero-order valence-corrected chi connectivity index (χ0v) is 13.7. The van der Waals surface area contributed by atoms with E-state index in [0.29, 0.717) is 6.04 Å². The molecule has 1 aromatic carbocycles. The lowest BCUT2D eigenvalue weighted by Gasteiger charge is -2.15. The Morgan fingerprint density at radius 1 is 1.10 bits per heavy atom. The quantitative estimate of drug-likeness (QED) is 0.848. The molecule has 0 spiro atoms. The van der Waals surface area contributed by atoms with Crippen LogP contribution in [0.15, 0.2) is 30.3 Å². The summed E-state index contributed by atoms with van der Waals surface area (Å²) >= 11 is 0. The van der Waals surface area contributed by atoms with Gasteiger partial charge < -0.3 is 5.32 Å². The van der Waals surface area contributed by atoms with Gasteiger partial charge in [0.25, 0.3) is 5.91 Å². The molecule has 0 atom stereocenters. The molecule has 1 fully saturated rings. The Morgan fingerprint density at radius 2 is 1.62 bits per heavy atom. The number of nitrogens with one attached hydrogen (secondary N) is 1. The van der Waals surface area contributed by atoms with Crippen LogP contribution in [0, 0.1) is 5.41 Å². The van der Waals surface area contributed by atoms with Crippen LogP contribution in [-0.2, 0) is 0 Å². The van der Waals surface area contributed by atoms with Gasteiger partial charge in [0.1, 0.15) is 0 Å². The summed E-state index contributed by atoms with van der Waals surface area (Å²) < 4.78 is 0. The smallest absolute Gasteiger partial charge is 0.251 e. The van der Waals surface area contributed by atoms with Gasteiger partial charge in [-0.15, -0.1) is 0 Å². The first-order chi connectivity index (χ1) is 9.85. The fourth-order valence-corrected chi connectivity index (χ4v) is 2.96. The maximum Gasteiger partial charge on any atom is 0.251 e. The number of rotatable bonds is 3. The Labute approximate surface area is 128 Å². The number of hydrogen-bond acceptors (Lipinski definition) is 1. The SMILES string of the molecule is C/C(=C\C(C)(C)C)c1ccc(C(=O)NC2CCCC2)cc1. The molecular formula is C19H27NO. The van der Waals surface area contributed by atoms with Crippen LogP contribution in [0.25, 0.3) is 5.57 Å². The fraction of sp³-hybridized carbons (Fsp3) is 0.526. The number of carbonyl (C=O) groups excluding carboxylic acids is 1. The average Bonchev–Trinajstić information content (AvgIpc) is 2.90. The Hall–Kier alpha value is -1.57. The van der Waals surface area contributed by atoms with Gasteiger partial charge in [0, 0.05) is 11.6 Å². The van der Waals surface area contributed by atoms with Crippen molar-refractivity contribution in [3.8, 4) is 0 Å². The summed E-state index contributed by atoms with van der Waals surface area (Å²) in [6.45, 7) is 8.71. The van der Waals surface area contributed by atoms with Gasteiger partial charge in [0.05, 0.1) is 0 Å². The van der Waals surface area contributed by atoms with E-state index >= 15 is 0 Å². The first-order valence-electron chi connectivity index (χ1n) is 7.96. The van der Waals surface area contributed by atoms with Gasteiger partial charge in [-0.2, -0.15) is 0 Å². The van der Waals surface area contributed by atoms with E-state index in [1.165, 1.54) is 24.0 Å². The fourth-order valence-electron chi connectivity index (χ4n) is 2.96. The van der Waals surface area contributed by atoms with E-state index in [9.17, 15) is 4.79 Å². The number of amides is 1. The first kappa shape index (κ1) is 15.8. The number of carbonyl (C=O) groups is 1. The summed E-state index contributed by atoms with van der Waals surface area (Å²) in [7, 11) is 0. The van der Waals surface area contributed by atoms with Crippen molar-refractivity contribution in [3.63, 3.8) is 0 Å². The van der Waals surface area contributed by atoms with Crippen molar-refractivity contribution in [2.45, 2.75) is 59.4 Å². The summed E-state index contributed by atoms with van der Waals surface area (Å²) in [4.78, 5) is 12.2. The standard InChI is InChI=1S/C19H27NO/c1-14(13-19(2,3)4)15-9-11-16(12-10-15)18(21)20-17-7-5-6-8-17/h9-13,17H,5-8H2,1-4H3,(H,20,21)/b14-13+. The van der Waals surface area contributed by atoms with E-state index < -0.39 is 0 Å². The molecule has 0 saturated heterocycles. The van der Waals surface area contributed by atoms with Gasteiger partial charge in [-0.25, -0.2) is 0 Å². The molecule has 0 bridgehead atoms. The van der Waals surface area contributed by atoms with E-state index in [0.717, 1.165) is 18.4 Å². The van der Waals surface area contributed by atoms with Crippen LogP contribution in [0.4, 0.5) is 0 Å². The molecule has 1 amide bonds. The topological polar surface area (TPSA) is 29.1 Å². The van der Waals surface area contributed by atoms with E-state index in [1.807, 2.05) is 24.3 Å². The molecule has 0 unspecified atom stereocenters. The second-order valence-corrected chi connectivity index (χ2v) is 7.23. The molecule has 2 heteroatoms. The summed E-state index contributed by atoms with van der Waals surface area (Å²) in [5, 5.41) is 3.13. The molecule has 1 N–H and O–H groups in total. The van der Waals surface area contributed by atoms with Crippen molar-refractivity contribution in [2.24, 2.45) is 5.41 Å². The van der Waals surface area contributed by atoms with Crippen molar-refractivity contribution in [2.75, 3.05) is 0 Å². The second kappa shape index (κ2) is 6.46. The monoisotopic (exact) mass is 285 g/mol. The molecule has 2 nitrogen and oxygen atoms in total. The maximum absolute atomic E-state index is 12.2. The molecule has 1 aliphatic carbocycles. The Morgan fingerprint density at radius 3 is 2.14 bits per heavy atom. The number of benzene rings is 1. The lowest BCUT2D eigenvalue weighted by atomic mass is 9.91. The van der Waals surface area contributed by atoms with Gasteiger partial charge in [0.15, 0.2) is 0 Å². The summed E-state index contributed by atoms with van der Waals surface area (Å²) in [6.07, 6.45) is 6.98. The molecule has 1 aliphatic rings. The molecule has 1 aromatic rings. The van der Waals surface area contributed by atoms with Gasteiger partial charge in [-0.1, -0.05) is 51.8 Å². The van der Waals surface area contributed by atoms with E-state index in [-0.39, 0.29) is 11.3 Å². The van der Waals surface area contributed by atoms with E-state index in [1.54, 1.807) is 0 Å². The number of allylic oxidation sites excluding steroid dienone is 2. The van der Waals surface area contributed by atoms with E-state index in [4.69, 9.17) is 0 Å². The third-order valence-electron chi connectivity index (χ3n) is 3.94. The van der Waals surface area contributed by atoms with Crippen LogP contribution in [0.3, 0.4) is 0 Å². The highest BCUT2D eigenvalue weighted by atomic mass is 16.1. The Balaban J connectivity index is 2.04. The number of hydrogen-bond donors (Lipinski definition) is 1. The molecule has 21 heavy (non-hydrogen) atoms. The van der Waals surface area contributed by atoms with Crippen molar-refractivity contribution < 1.29 is 4.79 Å². The molecule has 0 radical (unpaired) electrons. The van der Waals surface area contributed by atoms with Crippen molar-refractivity contribution in [1.29, 1.82) is 0 Å². The van der Waals surface area contributed by atoms with Crippen molar-refractivity contribution >= 4 is 11.5 Å². The van der Waals surface area contributed by atoms with Gasteiger partial charge in [-0.05, 0) is 48.4 Å². The molecule has 2 rings (SSSR count). The summed E-state index contributed by atoms with van der Waals surface area (Å²) in [5.41, 5.74) is 3.37. The zero-order valence-electron chi connectivity index (χ0n) is 13.7. The predicted octanol–water partition coefficient (Wildman–Crippen LogP) is 4.81. The van der Waals surface area contributed by atoms with E-state index in [2.05, 4.69) is 39.1 Å². The summed E-state index contributed by atoms with van der Waals surface area (Å²) in [5.74, 6) is 0.0610. The third-order valence-corrected chi connectivity index (χ3v) is 3.94. The van der Waals surface area contributed by atoms with Gasteiger partial charge in [0.2, 0.25) is 0 Å². The minimum absolute atomic E-state index is 0.0610. The van der Waals surface area contributed by atoms with Crippen LogP contribution < -0.4 is 5.32 Å². The van der Waals surface area contributed by atoms with Crippen molar-refractivity contribution in [1.82, 2.24) is 5.32 Å². The molecule has 114 valence electrons. The molecule has 0 aliphatic heterocycles. The predicted molar refractivity (Wildman–Crippen MR) is 89.3 cm³/mol. The van der Waals surface area contributed by atoms with Gasteiger partial charge >= 0.3 is 0 Å². The first-order valence-corrected chi connectivity index (χ1v) is 7.96. The van der Waals surface area contributed by atoms with Crippen LogP contribution in [0.2, 0.25) is 0 Å². The Kier molecular flexibility index (Phi) is 4.87. The van der Waals surface area contributed by atoms with Gasteiger partial charge in [-0.3, -0.25) is 4.79 Å². The Bertz CT molecular complexity index is 513. The highest BCUT2D eigenvalue weighted by Crippen LogP contribution is 2.24. The molecular weight excluding hydrogens is 258 g/mol. The molecule has 1 saturated carbocycles. The van der Waals surface area contributed by atoms with Crippen LogP contribution in [-0.4, -0.2) is 11.9 Å². The van der Waals surface area contributed by atoms with Crippen LogP contribution >= 0.6 is 0 Å². The lowest BCUT2D eigenvalue weighted by Crippen LogP contribution is -2.32. The zero-order chi connectivity index (χ0) is 15.5. The van der Waals surface area contributed by atoms with Crippen LogP contribution in [0.5, 0.6) is 0 Å². The minimum Gasteiger partial charge on any atom is -0.349 e. The largest absolute Gasteiger partial charge is 0.349 e. The highest BCUT2D eigenvalue weighted by molar-refractivity contribution is 5.94. The minimum atomic E-state index is 0.0610. The molecule has 0 heterocycles. The third kappa shape index (κ3) is 4.73. The highest BCUT2D eigenvalue weighted by Gasteiger charge is 2.17. The maximum atomic E-state index is 12.2. The normalized spacial score (nSPS) is 17.0. The van der Waals surface area contributed by atoms with Crippen molar-refractivity contribution in [3.05, 3.63) is 41.5 Å². The summed E-state index contributed by atoms with van der Waals surface area (Å²) in [6, 6.07) is 8.32. The molecule has 0 aromatic heterocycles. The second-order valence-electron chi connectivity index (χ2n) is 7.23. The lowest BCUT2D eigenvalue weighted by molar-refractivity contribution is 0.0938. The van der Waals surface area contributed by atoms with Crippen LogP contribution in [0.1, 0.15) is 69.3 Å².